The summed E-state index contributed by atoms with van der Waals surface area (Å²) in [5, 5.41) is 5.71. The molecule has 0 saturated carbocycles. The molecule has 0 spiro atoms. The number of likely N-dealkylation sites (tertiary alicyclic amines) is 1. The summed E-state index contributed by atoms with van der Waals surface area (Å²) in [7, 11) is 2.95. The third-order valence-corrected chi connectivity index (χ3v) is 5.22. The van der Waals surface area contributed by atoms with Crippen LogP contribution >= 0.6 is 0 Å². The number of urea groups is 1. The second-order valence-electron chi connectivity index (χ2n) is 7.03. The molecule has 2 heterocycles. The number of benzene rings is 1. The van der Waals surface area contributed by atoms with E-state index in [-0.39, 0.29) is 6.03 Å². The standard InChI is InChI=1S/C20H27N3O4/c1-26-15-9-7-8-14(12-15)18-17(19(24)27-2)16(21-20(25)22-18)13-23-10-5-3-4-6-11-23/h7-9,12,18H,3-6,10-11,13H2,1-2H3,(H2,21,22,25)/p+1/t18-/m0/s1. The van der Waals surface area contributed by atoms with Crippen LogP contribution in [0, 0.1) is 0 Å². The van der Waals surface area contributed by atoms with Crippen molar-refractivity contribution >= 4 is 12.0 Å². The molecule has 3 rings (SSSR count). The number of hydrogen-bond donors (Lipinski definition) is 3. The van der Waals surface area contributed by atoms with Gasteiger partial charge in [0.05, 0.1) is 44.6 Å². The molecule has 1 atom stereocenters. The SMILES string of the molecule is COC(=O)C1=C(C[NH+]2CCCCCC2)NC(=O)N[C@H]1c1cccc(OC)c1. The highest BCUT2D eigenvalue weighted by Gasteiger charge is 2.35. The average molecular weight is 374 g/mol. The number of carbonyl (C=O) groups excluding carboxylic acids is 2. The Labute approximate surface area is 159 Å². The van der Waals surface area contributed by atoms with Crippen LogP contribution in [0.1, 0.15) is 37.3 Å². The first kappa shape index (κ1) is 19.2. The van der Waals surface area contributed by atoms with Crippen molar-refractivity contribution in [3.05, 3.63) is 41.1 Å². The molecule has 0 radical (unpaired) electrons. The van der Waals surface area contributed by atoms with Crippen molar-refractivity contribution < 1.29 is 24.0 Å². The fourth-order valence-corrected chi connectivity index (χ4v) is 3.83. The van der Waals surface area contributed by atoms with Gasteiger partial charge < -0.3 is 25.0 Å². The average Bonchev–Trinajstić information content (AvgIpc) is 2.95. The molecule has 2 aliphatic heterocycles. The Hall–Kier alpha value is -2.54. The van der Waals surface area contributed by atoms with E-state index in [1.807, 2.05) is 24.3 Å². The molecule has 27 heavy (non-hydrogen) atoms. The highest BCUT2D eigenvalue weighted by molar-refractivity contribution is 5.95. The second kappa shape index (κ2) is 8.90. The monoisotopic (exact) mass is 374 g/mol. The third-order valence-electron chi connectivity index (χ3n) is 5.22. The second-order valence-corrected chi connectivity index (χ2v) is 7.03. The van der Waals surface area contributed by atoms with Crippen molar-refractivity contribution in [2.75, 3.05) is 33.9 Å². The molecule has 146 valence electrons. The summed E-state index contributed by atoms with van der Waals surface area (Å²) in [6.07, 6.45) is 4.82. The van der Waals surface area contributed by atoms with Gasteiger partial charge in [-0.05, 0) is 43.4 Å². The molecule has 0 unspecified atom stereocenters. The number of methoxy groups -OCH3 is 2. The molecule has 2 amide bonds. The molecule has 0 bridgehead atoms. The minimum atomic E-state index is -0.567. The van der Waals surface area contributed by atoms with Gasteiger partial charge >= 0.3 is 12.0 Å². The van der Waals surface area contributed by atoms with Crippen molar-refractivity contribution in [1.82, 2.24) is 10.6 Å². The van der Waals surface area contributed by atoms with E-state index in [4.69, 9.17) is 9.47 Å². The fraction of sp³-hybridized carbons (Fsp3) is 0.500. The molecule has 1 aromatic carbocycles. The largest absolute Gasteiger partial charge is 0.497 e. The highest BCUT2D eigenvalue weighted by Crippen LogP contribution is 2.29. The molecule has 7 heteroatoms. The first-order valence-electron chi connectivity index (χ1n) is 9.48. The highest BCUT2D eigenvalue weighted by atomic mass is 16.5. The number of quaternary nitrogens is 1. The van der Waals surface area contributed by atoms with Crippen LogP contribution < -0.4 is 20.3 Å². The zero-order chi connectivity index (χ0) is 19.2. The zero-order valence-electron chi connectivity index (χ0n) is 16.0. The summed E-state index contributed by atoms with van der Waals surface area (Å²) < 4.78 is 10.3. The van der Waals surface area contributed by atoms with E-state index in [2.05, 4.69) is 10.6 Å². The van der Waals surface area contributed by atoms with Crippen molar-refractivity contribution in [2.45, 2.75) is 31.7 Å². The smallest absolute Gasteiger partial charge is 0.338 e. The van der Waals surface area contributed by atoms with E-state index in [1.54, 1.807) is 7.11 Å². The van der Waals surface area contributed by atoms with Gasteiger partial charge in [0.15, 0.2) is 0 Å². The maximum atomic E-state index is 12.6. The normalized spacial score (nSPS) is 21.1. The van der Waals surface area contributed by atoms with Crippen molar-refractivity contribution in [1.29, 1.82) is 0 Å². The quantitative estimate of drug-likeness (QED) is 0.670. The van der Waals surface area contributed by atoms with E-state index in [9.17, 15) is 9.59 Å². The van der Waals surface area contributed by atoms with E-state index in [0.717, 1.165) is 18.7 Å². The Kier molecular flexibility index (Phi) is 6.34. The maximum absolute atomic E-state index is 12.6. The van der Waals surface area contributed by atoms with Crippen LogP contribution in [-0.2, 0) is 9.53 Å². The first-order valence-corrected chi connectivity index (χ1v) is 9.48. The number of ether oxygens (including phenoxy) is 2. The number of nitrogens with one attached hydrogen (secondary N) is 3. The number of carbonyl (C=O) groups is 2. The predicted octanol–water partition coefficient (Wildman–Crippen LogP) is 0.935. The third kappa shape index (κ3) is 4.60. The number of esters is 1. The lowest BCUT2D eigenvalue weighted by Gasteiger charge is -2.30. The van der Waals surface area contributed by atoms with Crippen LogP contribution in [0.5, 0.6) is 5.75 Å². The van der Waals surface area contributed by atoms with Crippen LogP contribution in [0.4, 0.5) is 4.79 Å². The molecule has 7 nitrogen and oxygen atoms in total. The Morgan fingerprint density at radius 3 is 2.59 bits per heavy atom. The summed E-state index contributed by atoms with van der Waals surface area (Å²) in [4.78, 5) is 26.3. The molecule has 1 saturated heterocycles. The first-order chi connectivity index (χ1) is 13.1. The Bertz CT molecular complexity index is 724. The van der Waals surface area contributed by atoms with Gasteiger partial charge in [-0.3, -0.25) is 0 Å². The van der Waals surface area contributed by atoms with E-state index in [0.29, 0.717) is 23.6 Å². The Morgan fingerprint density at radius 1 is 1.19 bits per heavy atom. The zero-order valence-corrected chi connectivity index (χ0v) is 16.0. The molecule has 3 N–H and O–H groups in total. The maximum Gasteiger partial charge on any atom is 0.338 e. The minimum absolute atomic E-state index is 0.306. The van der Waals surface area contributed by atoms with Crippen molar-refractivity contribution in [3.8, 4) is 5.75 Å². The van der Waals surface area contributed by atoms with E-state index in [1.165, 1.54) is 37.7 Å². The summed E-state index contributed by atoms with van der Waals surface area (Å²) in [6.45, 7) is 2.70. The van der Waals surface area contributed by atoms with Crippen LogP contribution in [0.3, 0.4) is 0 Å². The Balaban J connectivity index is 1.97. The van der Waals surface area contributed by atoms with Gasteiger partial charge in [-0.1, -0.05) is 12.1 Å². The van der Waals surface area contributed by atoms with Gasteiger partial charge in [-0.2, -0.15) is 0 Å². The van der Waals surface area contributed by atoms with Gasteiger partial charge in [0, 0.05) is 0 Å². The van der Waals surface area contributed by atoms with Crippen LogP contribution in [0.25, 0.3) is 0 Å². The lowest BCUT2D eigenvalue weighted by molar-refractivity contribution is -0.894. The van der Waals surface area contributed by atoms with Gasteiger partial charge in [0.1, 0.15) is 12.3 Å². The number of hydrogen-bond acceptors (Lipinski definition) is 4. The summed E-state index contributed by atoms with van der Waals surface area (Å²) in [5.41, 5.74) is 1.89. The fourth-order valence-electron chi connectivity index (χ4n) is 3.83. The lowest BCUT2D eigenvalue weighted by atomic mass is 9.94. The minimum Gasteiger partial charge on any atom is -0.497 e. The summed E-state index contributed by atoms with van der Waals surface area (Å²) in [5.74, 6) is 0.240. The van der Waals surface area contributed by atoms with Crippen LogP contribution in [0.2, 0.25) is 0 Å². The number of rotatable bonds is 5. The summed E-state index contributed by atoms with van der Waals surface area (Å²) >= 11 is 0. The molecule has 2 aliphatic rings. The van der Waals surface area contributed by atoms with E-state index < -0.39 is 12.0 Å². The molecule has 0 aromatic heterocycles. The molecular weight excluding hydrogens is 346 g/mol. The van der Waals surface area contributed by atoms with Gasteiger partial charge in [0.2, 0.25) is 0 Å². The predicted molar refractivity (Wildman–Crippen MR) is 100 cm³/mol. The van der Waals surface area contributed by atoms with Crippen LogP contribution in [-0.4, -0.2) is 45.9 Å². The Morgan fingerprint density at radius 2 is 1.93 bits per heavy atom. The molecule has 0 aliphatic carbocycles. The molecule has 1 aromatic rings. The molecule has 1 fully saturated rings. The van der Waals surface area contributed by atoms with Crippen molar-refractivity contribution in [3.63, 3.8) is 0 Å². The van der Waals surface area contributed by atoms with Gasteiger partial charge in [-0.25, -0.2) is 9.59 Å². The number of amides is 2. The van der Waals surface area contributed by atoms with Gasteiger partial charge in [-0.15, -0.1) is 0 Å². The van der Waals surface area contributed by atoms with Gasteiger partial charge in [0.25, 0.3) is 0 Å². The summed E-state index contributed by atoms with van der Waals surface area (Å²) in [6, 6.07) is 6.50. The van der Waals surface area contributed by atoms with Crippen molar-refractivity contribution in [2.24, 2.45) is 0 Å². The topological polar surface area (TPSA) is 81.1 Å². The van der Waals surface area contributed by atoms with E-state index >= 15 is 0 Å². The molecular formula is C20H28N3O4+. The lowest BCUT2D eigenvalue weighted by Crippen LogP contribution is -3.12. The van der Waals surface area contributed by atoms with Crippen LogP contribution in [0.15, 0.2) is 35.5 Å².